The predicted octanol–water partition coefficient (Wildman–Crippen LogP) is 2.20. The molecule has 1 aliphatic carbocycles. The monoisotopic (exact) mass is 267 g/mol. The third-order valence-electron chi connectivity index (χ3n) is 3.98. The minimum atomic E-state index is -0.478. The maximum atomic E-state index is 12.0. The number of unbranched alkanes of at least 4 members (excludes halogenated alkanes) is 2. The molecule has 1 heterocycles. The normalized spacial score (nSPS) is 26.5. The summed E-state index contributed by atoms with van der Waals surface area (Å²) >= 11 is 0. The lowest BCUT2D eigenvalue weighted by molar-refractivity contribution is -0.198. The van der Waals surface area contributed by atoms with E-state index in [9.17, 15) is 14.4 Å². The van der Waals surface area contributed by atoms with Crippen molar-refractivity contribution in [1.29, 1.82) is 0 Å². The second-order valence-electron chi connectivity index (χ2n) is 5.39. The zero-order valence-electron chi connectivity index (χ0n) is 11.4. The van der Waals surface area contributed by atoms with Crippen molar-refractivity contribution < 1.29 is 19.2 Å². The molecule has 2 unspecified atom stereocenters. The Bertz CT molecular complexity index is 356. The van der Waals surface area contributed by atoms with Crippen LogP contribution in [0.5, 0.6) is 0 Å². The first-order valence-corrected chi connectivity index (χ1v) is 7.23. The number of hydrogen-bond acceptors (Lipinski definition) is 4. The van der Waals surface area contributed by atoms with Crippen LogP contribution in [0, 0.1) is 11.8 Å². The quantitative estimate of drug-likeness (QED) is 0.566. The summed E-state index contributed by atoms with van der Waals surface area (Å²) in [6.07, 6.45) is 6.37. The number of nitrogens with zero attached hydrogens (tertiary/aromatic N) is 1. The summed E-state index contributed by atoms with van der Waals surface area (Å²) in [6, 6.07) is 0. The second kappa shape index (κ2) is 6.17. The highest BCUT2D eigenvalue weighted by molar-refractivity contribution is 6.04. The van der Waals surface area contributed by atoms with Gasteiger partial charge >= 0.3 is 5.97 Å². The van der Waals surface area contributed by atoms with E-state index < -0.39 is 5.97 Å². The summed E-state index contributed by atoms with van der Waals surface area (Å²) < 4.78 is 0. The van der Waals surface area contributed by atoms with E-state index in [1.807, 2.05) is 6.92 Å². The van der Waals surface area contributed by atoms with Crippen molar-refractivity contribution in [1.82, 2.24) is 5.06 Å². The zero-order valence-corrected chi connectivity index (χ0v) is 11.4. The highest BCUT2D eigenvalue weighted by Crippen LogP contribution is 2.38. The van der Waals surface area contributed by atoms with Gasteiger partial charge in [-0.2, -0.15) is 0 Å². The SMILES string of the molecule is CCCCCC(=O)ON1C(=O)C2CCCCC2C1=O. The molecule has 2 fully saturated rings. The van der Waals surface area contributed by atoms with Gasteiger partial charge in [0.1, 0.15) is 0 Å². The molecule has 2 rings (SSSR count). The molecule has 0 bridgehead atoms. The minimum Gasteiger partial charge on any atom is -0.330 e. The fraction of sp³-hybridized carbons (Fsp3) is 0.786. The van der Waals surface area contributed by atoms with Gasteiger partial charge in [0, 0.05) is 6.42 Å². The number of amides is 2. The molecule has 5 heteroatoms. The summed E-state index contributed by atoms with van der Waals surface area (Å²) in [7, 11) is 0. The molecule has 1 saturated heterocycles. The summed E-state index contributed by atoms with van der Waals surface area (Å²) in [5.74, 6) is -1.64. The average molecular weight is 267 g/mol. The smallest absolute Gasteiger partial charge is 0.330 e. The molecule has 0 aromatic carbocycles. The van der Waals surface area contributed by atoms with E-state index in [1.165, 1.54) is 0 Å². The van der Waals surface area contributed by atoms with Crippen LogP contribution in [0.1, 0.15) is 58.3 Å². The van der Waals surface area contributed by atoms with E-state index in [2.05, 4.69) is 0 Å². The number of fused-ring (bicyclic) bond motifs is 1. The molecule has 2 atom stereocenters. The molecule has 0 aromatic heterocycles. The van der Waals surface area contributed by atoms with Crippen molar-refractivity contribution in [2.24, 2.45) is 11.8 Å². The molecule has 0 aromatic rings. The van der Waals surface area contributed by atoms with E-state index in [4.69, 9.17) is 4.84 Å². The Kier molecular flexibility index (Phi) is 4.56. The van der Waals surface area contributed by atoms with Crippen molar-refractivity contribution in [3.8, 4) is 0 Å². The Labute approximate surface area is 113 Å². The van der Waals surface area contributed by atoms with Crippen molar-refractivity contribution in [2.45, 2.75) is 58.3 Å². The largest absolute Gasteiger partial charge is 0.333 e. The molecular weight excluding hydrogens is 246 g/mol. The molecular formula is C14H21NO4. The fourth-order valence-corrected chi connectivity index (χ4v) is 2.89. The summed E-state index contributed by atoms with van der Waals surface area (Å²) in [6.45, 7) is 2.05. The molecule has 0 radical (unpaired) electrons. The van der Waals surface area contributed by atoms with E-state index in [0.717, 1.165) is 50.0 Å². The van der Waals surface area contributed by atoms with Gasteiger partial charge < -0.3 is 4.84 Å². The van der Waals surface area contributed by atoms with E-state index in [0.29, 0.717) is 0 Å². The maximum Gasteiger partial charge on any atom is 0.333 e. The number of rotatable bonds is 5. The Morgan fingerprint density at radius 2 is 1.74 bits per heavy atom. The zero-order chi connectivity index (χ0) is 13.8. The summed E-state index contributed by atoms with van der Waals surface area (Å²) in [4.78, 5) is 40.7. The molecule has 5 nitrogen and oxygen atoms in total. The van der Waals surface area contributed by atoms with Crippen LogP contribution in [-0.4, -0.2) is 22.8 Å². The van der Waals surface area contributed by atoms with Gasteiger partial charge in [0.25, 0.3) is 11.8 Å². The van der Waals surface area contributed by atoms with Gasteiger partial charge in [-0.3, -0.25) is 9.59 Å². The Morgan fingerprint density at radius 3 is 2.26 bits per heavy atom. The maximum absolute atomic E-state index is 12.0. The van der Waals surface area contributed by atoms with Crippen molar-refractivity contribution >= 4 is 17.8 Å². The van der Waals surface area contributed by atoms with E-state index in [1.54, 1.807) is 0 Å². The Morgan fingerprint density at radius 1 is 1.16 bits per heavy atom. The first kappa shape index (κ1) is 14.0. The van der Waals surface area contributed by atoms with Crippen molar-refractivity contribution in [2.75, 3.05) is 0 Å². The summed E-state index contributed by atoms with van der Waals surface area (Å²) in [5, 5.41) is 0.731. The Hall–Kier alpha value is -1.39. The third kappa shape index (κ3) is 2.96. The molecule has 2 amide bonds. The standard InChI is InChI=1S/C14H21NO4/c1-2-3-4-9-12(16)19-15-13(17)10-7-5-6-8-11(10)14(15)18/h10-11H,2-9H2,1H3. The van der Waals surface area contributed by atoms with Crippen molar-refractivity contribution in [3.05, 3.63) is 0 Å². The number of imide groups is 1. The predicted molar refractivity (Wildman–Crippen MR) is 67.5 cm³/mol. The lowest BCUT2D eigenvalue weighted by atomic mass is 9.81. The topological polar surface area (TPSA) is 63.7 Å². The van der Waals surface area contributed by atoms with Crippen molar-refractivity contribution in [3.63, 3.8) is 0 Å². The van der Waals surface area contributed by atoms with Crippen LogP contribution >= 0.6 is 0 Å². The summed E-state index contributed by atoms with van der Waals surface area (Å²) in [5.41, 5.74) is 0. The van der Waals surface area contributed by atoms with E-state index >= 15 is 0 Å². The van der Waals surface area contributed by atoms with Crippen LogP contribution in [0.25, 0.3) is 0 Å². The van der Waals surface area contributed by atoms with E-state index in [-0.39, 0.29) is 30.1 Å². The minimum absolute atomic E-state index is 0.260. The molecule has 2 aliphatic rings. The first-order chi connectivity index (χ1) is 9.15. The van der Waals surface area contributed by atoms with Crippen LogP contribution < -0.4 is 0 Å². The highest BCUT2D eigenvalue weighted by atomic mass is 16.7. The second-order valence-corrected chi connectivity index (χ2v) is 5.39. The number of carbonyl (C=O) groups excluding carboxylic acids is 3. The molecule has 1 saturated carbocycles. The van der Waals surface area contributed by atoms with Gasteiger partial charge in [-0.25, -0.2) is 4.79 Å². The van der Waals surface area contributed by atoms with Gasteiger partial charge in [-0.05, 0) is 19.3 Å². The number of carbonyl (C=O) groups is 3. The lowest BCUT2D eigenvalue weighted by Gasteiger charge is -2.19. The first-order valence-electron chi connectivity index (χ1n) is 7.23. The highest BCUT2D eigenvalue weighted by Gasteiger charge is 2.50. The number of hydroxylamine groups is 2. The third-order valence-corrected chi connectivity index (χ3v) is 3.98. The number of hydrogen-bond donors (Lipinski definition) is 0. The fourth-order valence-electron chi connectivity index (χ4n) is 2.89. The molecule has 0 N–H and O–H groups in total. The molecule has 106 valence electrons. The van der Waals surface area contributed by atoms with Gasteiger partial charge in [0.15, 0.2) is 0 Å². The van der Waals surface area contributed by atoms with Gasteiger partial charge in [0.05, 0.1) is 11.8 Å². The molecule has 19 heavy (non-hydrogen) atoms. The van der Waals surface area contributed by atoms with Gasteiger partial charge in [0.2, 0.25) is 0 Å². The van der Waals surface area contributed by atoms with Crippen LogP contribution in [0.3, 0.4) is 0 Å². The Balaban J connectivity index is 1.91. The van der Waals surface area contributed by atoms with Crippen LogP contribution in [0.15, 0.2) is 0 Å². The van der Waals surface area contributed by atoms with Gasteiger partial charge in [-0.1, -0.05) is 32.6 Å². The van der Waals surface area contributed by atoms with Crippen LogP contribution in [0.2, 0.25) is 0 Å². The average Bonchev–Trinajstić information content (AvgIpc) is 2.65. The van der Waals surface area contributed by atoms with Crippen LogP contribution in [-0.2, 0) is 19.2 Å². The molecule has 0 spiro atoms. The van der Waals surface area contributed by atoms with Crippen LogP contribution in [0.4, 0.5) is 0 Å². The molecule has 1 aliphatic heterocycles. The lowest BCUT2D eigenvalue weighted by Crippen LogP contribution is -2.33. The van der Waals surface area contributed by atoms with Gasteiger partial charge in [-0.15, -0.1) is 5.06 Å².